The van der Waals surface area contributed by atoms with E-state index >= 15 is 0 Å². The molecule has 0 radical (unpaired) electrons. The quantitative estimate of drug-likeness (QED) is 0.850. The molecule has 2 aromatic rings. The molecule has 0 saturated carbocycles. The van der Waals surface area contributed by atoms with Gasteiger partial charge >= 0.3 is 0 Å². The van der Waals surface area contributed by atoms with E-state index in [0.717, 1.165) is 5.56 Å². The van der Waals surface area contributed by atoms with Crippen LogP contribution in [0.25, 0.3) is 0 Å². The summed E-state index contributed by atoms with van der Waals surface area (Å²) in [5.74, 6) is 1.13. The van der Waals surface area contributed by atoms with Crippen molar-refractivity contribution in [3.63, 3.8) is 0 Å². The topological polar surface area (TPSA) is 46.5 Å². The summed E-state index contributed by atoms with van der Waals surface area (Å²) in [6, 6.07) is 12.4. The number of halogens is 1. The first kappa shape index (κ1) is 14.6. The van der Waals surface area contributed by atoms with Crippen LogP contribution in [-0.4, -0.2) is 17.5 Å². The second-order valence-corrected chi connectivity index (χ2v) is 4.83. The highest BCUT2D eigenvalue weighted by Crippen LogP contribution is 2.30. The van der Waals surface area contributed by atoms with E-state index in [9.17, 15) is 4.79 Å². The highest BCUT2D eigenvalue weighted by atomic mass is 35.5. The second-order valence-electron chi connectivity index (χ2n) is 4.42. The molecule has 4 heteroatoms. The molecule has 0 heterocycles. The van der Waals surface area contributed by atoms with Crippen molar-refractivity contribution in [2.75, 3.05) is 6.61 Å². The average molecular weight is 291 g/mol. The third-order valence-corrected chi connectivity index (χ3v) is 3.19. The van der Waals surface area contributed by atoms with Crippen LogP contribution in [0.2, 0.25) is 5.02 Å². The zero-order valence-corrected chi connectivity index (χ0v) is 11.9. The van der Waals surface area contributed by atoms with Crippen LogP contribution in [0.15, 0.2) is 42.5 Å². The lowest BCUT2D eigenvalue weighted by atomic mass is 10.1. The van der Waals surface area contributed by atoms with Gasteiger partial charge in [0, 0.05) is 12.2 Å². The molecule has 20 heavy (non-hydrogen) atoms. The Morgan fingerprint density at radius 1 is 1.20 bits per heavy atom. The van der Waals surface area contributed by atoms with E-state index in [4.69, 9.17) is 21.4 Å². The molecule has 0 aromatic heterocycles. The summed E-state index contributed by atoms with van der Waals surface area (Å²) in [6.07, 6.45) is 0.619. The molecule has 0 unspecified atom stereocenters. The Labute approximate surface area is 122 Å². The van der Waals surface area contributed by atoms with E-state index in [0.29, 0.717) is 28.5 Å². The monoisotopic (exact) mass is 290 g/mol. The van der Waals surface area contributed by atoms with Crippen molar-refractivity contribution in [2.24, 2.45) is 0 Å². The molecule has 1 N–H and O–H groups in total. The fourth-order valence-electron chi connectivity index (χ4n) is 1.78. The molecule has 0 amide bonds. The van der Waals surface area contributed by atoms with E-state index in [-0.39, 0.29) is 12.4 Å². The van der Waals surface area contributed by atoms with Crippen molar-refractivity contribution >= 4 is 17.4 Å². The lowest BCUT2D eigenvalue weighted by Gasteiger charge is -2.09. The van der Waals surface area contributed by atoms with E-state index in [1.807, 2.05) is 24.3 Å². The highest BCUT2D eigenvalue weighted by molar-refractivity contribution is 6.32. The van der Waals surface area contributed by atoms with Crippen molar-refractivity contribution in [2.45, 2.75) is 13.3 Å². The zero-order chi connectivity index (χ0) is 14.5. The van der Waals surface area contributed by atoms with Crippen LogP contribution in [0.4, 0.5) is 0 Å². The Morgan fingerprint density at radius 2 is 1.90 bits per heavy atom. The molecule has 2 aromatic carbocycles. The summed E-state index contributed by atoms with van der Waals surface area (Å²) in [5, 5.41) is 9.26. The van der Waals surface area contributed by atoms with Gasteiger partial charge in [-0.2, -0.15) is 0 Å². The number of aliphatic hydroxyl groups is 1. The van der Waals surface area contributed by atoms with Crippen molar-refractivity contribution in [1.82, 2.24) is 0 Å². The van der Waals surface area contributed by atoms with Gasteiger partial charge < -0.3 is 9.84 Å². The van der Waals surface area contributed by atoms with Gasteiger partial charge in [-0.15, -0.1) is 0 Å². The number of ether oxygens (including phenoxy) is 1. The van der Waals surface area contributed by atoms with Gasteiger partial charge in [0.05, 0.1) is 5.02 Å². The molecule has 0 aliphatic carbocycles. The number of hydrogen-bond acceptors (Lipinski definition) is 3. The predicted molar refractivity (Wildman–Crippen MR) is 78.8 cm³/mol. The minimum Gasteiger partial charge on any atom is -0.456 e. The highest BCUT2D eigenvalue weighted by Gasteiger charge is 2.07. The van der Waals surface area contributed by atoms with Gasteiger partial charge in [0.25, 0.3) is 0 Å². The summed E-state index contributed by atoms with van der Waals surface area (Å²) in [5.41, 5.74) is 1.60. The standard InChI is InChI=1S/C16H15ClO3/c1-11(19)13-4-7-16(15(17)10-13)20-14-5-2-12(3-6-14)8-9-18/h2-7,10,18H,8-9H2,1H3. The zero-order valence-electron chi connectivity index (χ0n) is 11.1. The molecular weight excluding hydrogens is 276 g/mol. The van der Waals surface area contributed by atoms with Gasteiger partial charge in [0.1, 0.15) is 11.5 Å². The molecule has 0 spiro atoms. The summed E-state index contributed by atoms with van der Waals surface area (Å²) >= 11 is 6.09. The van der Waals surface area contributed by atoms with Gasteiger partial charge in [-0.25, -0.2) is 0 Å². The maximum atomic E-state index is 11.2. The van der Waals surface area contributed by atoms with Gasteiger partial charge in [0.15, 0.2) is 5.78 Å². The molecule has 2 rings (SSSR count). The first-order valence-electron chi connectivity index (χ1n) is 6.28. The predicted octanol–water partition coefficient (Wildman–Crippen LogP) is 3.87. The molecular formula is C16H15ClO3. The van der Waals surface area contributed by atoms with Crippen LogP contribution >= 0.6 is 11.6 Å². The Hall–Kier alpha value is -1.84. The fraction of sp³-hybridized carbons (Fsp3) is 0.188. The summed E-state index contributed by atoms with van der Waals surface area (Å²) in [4.78, 5) is 11.2. The maximum absolute atomic E-state index is 11.2. The second kappa shape index (κ2) is 6.55. The van der Waals surface area contributed by atoms with E-state index in [2.05, 4.69) is 0 Å². The van der Waals surface area contributed by atoms with Gasteiger partial charge in [-0.05, 0) is 49.2 Å². The lowest BCUT2D eigenvalue weighted by Crippen LogP contribution is -1.93. The van der Waals surface area contributed by atoms with Crippen molar-refractivity contribution in [3.8, 4) is 11.5 Å². The van der Waals surface area contributed by atoms with E-state index in [1.165, 1.54) is 6.92 Å². The molecule has 0 fully saturated rings. The average Bonchev–Trinajstić information content (AvgIpc) is 2.43. The Balaban J connectivity index is 2.15. The van der Waals surface area contributed by atoms with Crippen LogP contribution < -0.4 is 4.74 Å². The molecule has 0 bridgehead atoms. The molecule has 0 aliphatic rings. The van der Waals surface area contributed by atoms with Crippen LogP contribution in [0.1, 0.15) is 22.8 Å². The Bertz CT molecular complexity index is 606. The third-order valence-electron chi connectivity index (χ3n) is 2.89. The Morgan fingerprint density at radius 3 is 2.45 bits per heavy atom. The fourth-order valence-corrected chi connectivity index (χ4v) is 2.00. The number of rotatable bonds is 5. The SMILES string of the molecule is CC(=O)c1ccc(Oc2ccc(CCO)cc2)c(Cl)c1. The van der Waals surface area contributed by atoms with E-state index < -0.39 is 0 Å². The number of hydrogen-bond donors (Lipinski definition) is 1. The molecule has 0 aliphatic heterocycles. The van der Waals surface area contributed by atoms with Crippen molar-refractivity contribution in [3.05, 3.63) is 58.6 Å². The van der Waals surface area contributed by atoms with Gasteiger partial charge in [-0.1, -0.05) is 23.7 Å². The third kappa shape index (κ3) is 3.59. The normalized spacial score (nSPS) is 10.3. The first-order chi connectivity index (χ1) is 9.60. The number of carbonyl (C=O) groups is 1. The first-order valence-corrected chi connectivity index (χ1v) is 6.66. The molecule has 0 saturated heterocycles. The summed E-state index contributed by atoms with van der Waals surface area (Å²) < 4.78 is 5.67. The smallest absolute Gasteiger partial charge is 0.159 e. The maximum Gasteiger partial charge on any atom is 0.159 e. The lowest BCUT2D eigenvalue weighted by molar-refractivity contribution is 0.101. The summed E-state index contributed by atoms with van der Waals surface area (Å²) in [6.45, 7) is 1.62. The van der Waals surface area contributed by atoms with Crippen molar-refractivity contribution < 1.29 is 14.6 Å². The summed E-state index contributed by atoms with van der Waals surface area (Å²) in [7, 11) is 0. The van der Waals surface area contributed by atoms with Crippen LogP contribution in [0, 0.1) is 0 Å². The number of aliphatic hydroxyl groups excluding tert-OH is 1. The number of ketones is 1. The molecule has 0 atom stereocenters. The van der Waals surface area contributed by atoms with Crippen LogP contribution in [-0.2, 0) is 6.42 Å². The Kier molecular flexibility index (Phi) is 4.77. The number of Topliss-reactive ketones (excluding diaryl/α,β-unsaturated/α-hetero) is 1. The largest absolute Gasteiger partial charge is 0.456 e. The van der Waals surface area contributed by atoms with E-state index in [1.54, 1.807) is 18.2 Å². The van der Waals surface area contributed by atoms with Gasteiger partial charge in [0.2, 0.25) is 0 Å². The number of benzene rings is 2. The van der Waals surface area contributed by atoms with Crippen molar-refractivity contribution in [1.29, 1.82) is 0 Å². The number of carbonyl (C=O) groups excluding carboxylic acids is 1. The van der Waals surface area contributed by atoms with Crippen LogP contribution in [0.5, 0.6) is 11.5 Å². The van der Waals surface area contributed by atoms with Crippen LogP contribution in [0.3, 0.4) is 0 Å². The minimum absolute atomic E-state index is 0.0354. The van der Waals surface area contributed by atoms with Gasteiger partial charge in [-0.3, -0.25) is 4.79 Å². The molecule has 104 valence electrons. The minimum atomic E-state index is -0.0354. The molecule has 3 nitrogen and oxygen atoms in total.